The van der Waals surface area contributed by atoms with E-state index in [9.17, 15) is 0 Å². The second kappa shape index (κ2) is 4.21. The van der Waals surface area contributed by atoms with Crippen LogP contribution in [0.15, 0.2) is 0 Å². The van der Waals surface area contributed by atoms with Gasteiger partial charge < -0.3 is 4.84 Å². The van der Waals surface area contributed by atoms with Crippen LogP contribution in [0.25, 0.3) is 0 Å². The van der Waals surface area contributed by atoms with Crippen molar-refractivity contribution in [2.75, 3.05) is 11.5 Å². The van der Waals surface area contributed by atoms with E-state index in [-0.39, 0.29) is 6.10 Å². The van der Waals surface area contributed by atoms with Crippen molar-refractivity contribution in [3.63, 3.8) is 0 Å². The lowest BCUT2D eigenvalue weighted by Crippen LogP contribution is -2.26. The number of hydrogen-bond donors (Lipinski definition) is 1. The van der Waals surface area contributed by atoms with E-state index in [1.165, 1.54) is 24.3 Å². The molecule has 0 radical (unpaired) electrons. The van der Waals surface area contributed by atoms with Crippen LogP contribution in [-0.2, 0) is 4.84 Å². The molecule has 1 atom stereocenters. The Kier molecular flexibility index (Phi) is 3.52. The molecule has 3 heteroatoms. The van der Waals surface area contributed by atoms with Crippen LogP contribution < -0.4 is 5.90 Å². The van der Waals surface area contributed by atoms with Crippen LogP contribution in [0.2, 0.25) is 0 Å². The fraction of sp³-hybridized carbons (Fsp3) is 1.00. The molecule has 1 rings (SSSR count). The van der Waals surface area contributed by atoms with Gasteiger partial charge in [-0.05, 0) is 37.2 Å². The summed E-state index contributed by atoms with van der Waals surface area (Å²) < 4.78 is 0. The molecular formula is C7H15NOS. The van der Waals surface area contributed by atoms with Crippen LogP contribution in [0.1, 0.15) is 19.8 Å². The summed E-state index contributed by atoms with van der Waals surface area (Å²) in [6.07, 6.45) is 2.78. The van der Waals surface area contributed by atoms with E-state index in [0.717, 1.165) is 0 Å². The summed E-state index contributed by atoms with van der Waals surface area (Å²) >= 11 is 2.03. The van der Waals surface area contributed by atoms with Gasteiger partial charge in [0.1, 0.15) is 0 Å². The molecule has 2 nitrogen and oxygen atoms in total. The smallest absolute Gasteiger partial charge is 0.0788 e. The minimum absolute atomic E-state index is 0.251. The van der Waals surface area contributed by atoms with E-state index in [1.54, 1.807) is 0 Å². The van der Waals surface area contributed by atoms with Gasteiger partial charge in [-0.25, -0.2) is 5.90 Å². The van der Waals surface area contributed by atoms with E-state index >= 15 is 0 Å². The molecule has 0 aliphatic carbocycles. The topological polar surface area (TPSA) is 35.2 Å². The Bertz CT molecular complexity index is 93.6. The standard InChI is InChI=1S/C7H15NOS/c1-6(9-8)7-2-4-10-5-3-7/h6-7H,2-5,8H2,1H3. The molecule has 1 aliphatic heterocycles. The van der Waals surface area contributed by atoms with Crippen LogP contribution in [-0.4, -0.2) is 17.6 Å². The number of rotatable bonds is 2. The second-order valence-corrected chi connectivity index (χ2v) is 4.02. The van der Waals surface area contributed by atoms with Gasteiger partial charge in [0.15, 0.2) is 0 Å². The highest BCUT2D eigenvalue weighted by Crippen LogP contribution is 2.25. The van der Waals surface area contributed by atoms with E-state index in [4.69, 9.17) is 10.7 Å². The zero-order valence-electron chi connectivity index (χ0n) is 6.38. The van der Waals surface area contributed by atoms with Gasteiger partial charge in [0, 0.05) is 0 Å². The molecule has 1 heterocycles. The molecule has 1 aliphatic rings. The molecule has 1 unspecified atom stereocenters. The molecule has 60 valence electrons. The van der Waals surface area contributed by atoms with E-state index in [2.05, 4.69) is 6.92 Å². The van der Waals surface area contributed by atoms with Gasteiger partial charge >= 0.3 is 0 Å². The van der Waals surface area contributed by atoms with Crippen molar-refractivity contribution in [3.05, 3.63) is 0 Å². The van der Waals surface area contributed by atoms with Crippen molar-refractivity contribution < 1.29 is 4.84 Å². The van der Waals surface area contributed by atoms with Crippen molar-refractivity contribution in [3.8, 4) is 0 Å². The van der Waals surface area contributed by atoms with Crippen molar-refractivity contribution in [1.82, 2.24) is 0 Å². The summed E-state index contributed by atoms with van der Waals surface area (Å²) in [6, 6.07) is 0. The Morgan fingerprint density at radius 3 is 2.60 bits per heavy atom. The number of hydrogen-bond acceptors (Lipinski definition) is 3. The Morgan fingerprint density at radius 1 is 1.50 bits per heavy atom. The first-order valence-electron chi connectivity index (χ1n) is 3.78. The molecule has 1 fully saturated rings. The van der Waals surface area contributed by atoms with Crippen LogP contribution in [0, 0.1) is 5.92 Å². The maximum atomic E-state index is 5.10. The Hall–Kier alpha value is 0.270. The molecule has 0 amide bonds. The minimum Gasteiger partial charge on any atom is -0.301 e. The summed E-state index contributed by atoms with van der Waals surface area (Å²) in [7, 11) is 0. The Labute approximate surface area is 66.5 Å². The van der Waals surface area contributed by atoms with Gasteiger partial charge in [0.25, 0.3) is 0 Å². The third-order valence-electron chi connectivity index (χ3n) is 2.14. The van der Waals surface area contributed by atoms with Gasteiger partial charge in [-0.3, -0.25) is 0 Å². The van der Waals surface area contributed by atoms with E-state index < -0.39 is 0 Å². The average molecular weight is 161 g/mol. The zero-order valence-corrected chi connectivity index (χ0v) is 7.19. The molecule has 0 bridgehead atoms. The highest BCUT2D eigenvalue weighted by atomic mass is 32.2. The predicted octanol–water partition coefficient (Wildman–Crippen LogP) is 1.41. The average Bonchev–Trinajstić information content (AvgIpc) is 2.05. The summed E-state index contributed by atoms with van der Waals surface area (Å²) in [5.41, 5.74) is 0. The fourth-order valence-corrected chi connectivity index (χ4v) is 2.44. The molecule has 10 heavy (non-hydrogen) atoms. The predicted molar refractivity (Wildman–Crippen MR) is 44.8 cm³/mol. The lowest BCUT2D eigenvalue weighted by molar-refractivity contribution is 0.0215. The minimum atomic E-state index is 0.251. The largest absolute Gasteiger partial charge is 0.301 e. The molecule has 2 N–H and O–H groups in total. The van der Waals surface area contributed by atoms with Crippen LogP contribution in [0.3, 0.4) is 0 Å². The van der Waals surface area contributed by atoms with Crippen molar-refractivity contribution >= 4 is 11.8 Å². The fourth-order valence-electron chi connectivity index (χ4n) is 1.30. The summed E-state index contributed by atoms with van der Waals surface area (Å²) in [4.78, 5) is 4.78. The lowest BCUT2D eigenvalue weighted by atomic mass is 9.97. The molecule has 0 spiro atoms. The van der Waals surface area contributed by atoms with Gasteiger partial charge in [-0.1, -0.05) is 0 Å². The second-order valence-electron chi connectivity index (χ2n) is 2.79. The first-order valence-corrected chi connectivity index (χ1v) is 4.93. The van der Waals surface area contributed by atoms with Crippen molar-refractivity contribution in [2.45, 2.75) is 25.9 Å². The highest BCUT2D eigenvalue weighted by molar-refractivity contribution is 7.99. The van der Waals surface area contributed by atoms with Gasteiger partial charge in [-0.15, -0.1) is 0 Å². The molecule has 0 saturated carbocycles. The van der Waals surface area contributed by atoms with Crippen molar-refractivity contribution in [2.24, 2.45) is 11.8 Å². The van der Waals surface area contributed by atoms with Crippen LogP contribution in [0.4, 0.5) is 0 Å². The molecule has 0 aromatic rings. The number of nitrogens with two attached hydrogens (primary N) is 1. The highest BCUT2D eigenvalue weighted by Gasteiger charge is 2.19. The molecule has 1 saturated heterocycles. The summed E-state index contributed by atoms with van der Waals surface area (Å²) in [5.74, 6) is 8.35. The van der Waals surface area contributed by atoms with Gasteiger partial charge in [0.2, 0.25) is 0 Å². The quantitative estimate of drug-likeness (QED) is 0.622. The Balaban J connectivity index is 2.24. The molecule has 0 aromatic heterocycles. The first-order chi connectivity index (χ1) is 4.84. The molecule has 0 aromatic carbocycles. The monoisotopic (exact) mass is 161 g/mol. The van der Waals surface area contributed by atoms with Crippen molar-refractivity contribution in [1.29, 1.82) is 0 Å². The zero-order chi connectivity index (χ0) is 7.40. The maximum absolute atomic E-state index is 5.10. The van der Waals surface area contributed by atoms with Crippen LogP contribution in [0.5, 0.6) is 0 Å². The third kappa shape index (κ3) is 2.15. The van der Waals surface area contributed by atoms with E-state index in [1.807, 2.05) is 11.8 Å². The normalized spacial score (nSPS) is 24.6. The number of thioether (sulfide) groups is 1. The summed E-state index contributed by atoms with van der Waals surface area (Å²) in [6.45, 7) is 2.06. The Morgan fingerprint density at radius 2 is 2.10 bits per heavy atom. The van der Waals surface area contributed by atoms with E-state index in [0.29, 0.717) is 5.92 Å². The lowest BCUT2D eigenvalue weighted by Gasteiger charge is -2.25. The van der Waals surface area contributed by atoms with Gasteiger partial charge in [-0.2, -0.15) is 11.8 Å². The van der Waals surface area contributed by atoms with Gasteiger partial charge in [0.05, 0.1) is 6.10 Å². The summed E-state index contributed by atoms with van der Waals surface area (Å²) in [5, 5.41) is 0. The first kappa shape index (κ1) is 8.37. The SMILES string of the molecule is CC(ON)C1CCSCC1. The molecular weight excluding hydrogens is 146 g/mol. The third-order valence-corrected chi connectivity index (χ3v) is 3.19. The maximum Gasteiger partial charge on any atom is 0.0788 e. The van der Waals surface area contributed by atoms with Crippen LogP contribution >= 0.6 is 11.8 Å².